The lowest BCUT2D eigenvalue weighted by Gasteiger charge is -2.32. The molecule has 1 aliphatic carbocycles. The molecule has 42 heavy (non-hydrogen) atoms. The van der Waals surface area contributed by atoms with Crippen LogP contribution in [0.3, 0.4) is 0 Å². The van der Waals surface area contributed by atoms with E-state index in [9.17, 15) is 4.79 Å². The van der Waals surface area contributed by atoms with Crippen LogP contribution in [0.1, 0.15) is 81.1 Å². The zero-order chi connectivity index (χ0) is 29.4. The van der Waals surface area contributed by atoms with Crippen LogP contribution < -0.4 is 10.1 Å². The highest BCUT2D eigenvalue weighted by molar-refractivity contribution is 6.32. The molecular weight excluding hydrogens is 540 g/mol. The first kappa shape index (κ1) is 30.6. The number of nitrogens with zero attached hydrogens (tertiary/aromatic N) is 1. The highest BCUT2D eigenvalue weighted by Crippen LogP contribution is 2.33. The van der Waals surface area contributed by atoms with Gasteiger partial charge in [-0.05, 0) is 104 Å². The van der Waals surface area contributed by atoms with Gasteiger partial charge >= 0.3 is 0 Å². The van der Waals surface area contributed by atoms with Crippen molar-refractivity contribution >= 4 is 17.5 Å². The number of amides is 1. The second-order valence-electron chi connectivity index (χ2n) is 13.2. The fourth-order valence-corrected chi connectivity index (χ4v) is 6.77. The van der Waals surface area contributed by atoms with Gasteiger partial charge in [-0.3, -0.25) is 4.79 Å². The molecule has 1 saturated carbocycles. The number of benzene rings is 3. The van der Waals surface area contributed by atoms with Gasteiger partial charge < -0.3 is 15.0 Å². The molecule has 1 amide bonds. The molecule has 0 spiro atoms. The number of ether oxygens (including phenoxy) is 1. The van der Waals surface area contributed by atoms with Crippen LogP contribution in [0.15, 0.2) is 72.8 Å². The van der Waals surface area contributed by atoms with Crippen molar-refractivity contribution in [2.24, 2.45) is 11.3 Å². The molecule has 0 radical (unpaired) electrons. The number of hydrogen-bond acceptors (Lipinski definition) is 3. The van der Waals surface area contributed by atoms with Crippen molar-refractivity contribution in [2.75, 3.05) is 26.2 Å². The Morgan fingerprint density at radius 1 is 0.881 bits per heavy atom. The molecule has 5 rings (SSSR count). The molecular formula is C37H47ClN2O2. The smallest absolute Gasteiger partial charge is 0.251 e. The molecule has 4 nitrogen and oxygen atoms in total. The molecule has 0 aromatic heterocycles. The Labute approximate surface area is 257 Å². The van der Waals surface area contributed by atoms with Gasteiger partial charge in [0.1, 0.15) is 5.75 Å². The zero-order valence-corrected chi connectivity index (χ0v) is 26.2. The van der Waals surface area contributed by atoms with Gasteiger partial charge in [-0.15, -0.1) is 0 Å². The second kappa shape index (κ2) is 14.6. The average Bonchev–Trinajstić information content (AvgIpc) is 3.27. The predicted molar refractivity (Wildman–Crippen MR) is 174 cm³/mol. The van der Waals surface area contributed by atoms with Crippen LogP contribution in [-0.2, 0) is 6.42 Å². The van der Waals surface area contributed by atoms with Crippen molar-refractivity contribution in [1.29, 1.82) is 0 Å². The first-order chi connectivity index (χ1) is 20.3. The molecule has 1 heterocycles. The van der Waals surface area contributed by atoms with E-state index in [0.717, 1.165) is 38.6 Å². The summed E-state index contributed by atoms with van der Waals surface area (Å²) >= 11 is 6.61. The number of carbonyl (C=O) groups is 1. The van der Waals surface area contributed by atoms with Gasteiger partial charge in [0.05, 0.1) is 11.1 Å². The Morgan fingerprint density at radius 2 is 1.55 bits per heavy atom. The molecule has 224 valence electrons. The summed E-state index contributed by atoms with van der Waals surface area (Å²) in [5, 5.41) is 3.65. The third-order valence-electron chi connectivity index (χ3n) is 8.94. The van der Waals surface area contributed by atoms with E-state index in [4.69, 9.17) is 16.3 Å². The summed E-state index contributed by atoms with van der Waals surface area (Å²) < 4.78 is 6.32. The van der Waals surface area contributed by atoms with Crippen LogP contribution in [0.25, 0.3) is 11.1 Å². The fourth-order valence-electron chi connectivity index (χ4n) is 6.55. The predicted octanol–water partition coefficient (Wildman–Crippen LogP) is 8.82. The summed E-state index contributed by atoms with van der Waals surface area (Å²) in [4.78, 5) is 15.5. The van der Waals surface area contributed by atoms with Crippen LogP contribution in [0.5, 0.6) is 5.75 Å². The average molecular weight is 587 g/mol. The minimum absolute atomic E-state index is 0.0112. The van der Waals surface area contributed by atoms with Crippen LogP contribution in [-0.4, -0.2) is 43.1 Å². The molecule has 5 heteroatoms. The summed E-state index contributed by atoms with van der Waals surface area (Å²) in [6.45, 7) is 8.44. The van der Waals surface area contributed by atoms with Crippen molar-refractivity contribution in [1.82, 2.24) is 10.2 Å². The third kappa shape index (κ3) is 8.84. The SMILES string of the molecule is CC(C)(CNC(=O)c1ccc(OC2CCC(Cc3ccc(-c4ccccc4)cc3)CC2)c(Cl)c1)CN1CCCCCC1. The maximum absolute atomic E-state index is 12.9. The van der Waals surface area contributed by atoms with Gasteiger partial charge in [-0.1, -0.05) is 92.9 Å². The van der Waals surface area contributed by atoms with Gasteiger partial charge in [0.25, 0.3) is 5.91 Å². The van der Waals surface area contributed by atoms with Gasteiger partial charge in [0.15, 0.2) is 0 Å². The number of nitrogens with one attached hydrogen (secondary N) is 1. The standard InChI is InChI=1S/C37H47ClN2O2/c1-37(2,27-40-22-8-3-4-9-23-40)26-39-36(41)32-18-21-35(34(38)25-32)42-33-19-14-29(15-20-33)24-28-12-16-31(17-13-28)30-10-6-5-7-11-30/h5-7,10-13,16-18,21,25,29,33H,3-4,8-9,14-15,19-20,22-24,26-27H2,1-2H3,(H,39,41). The lowest BCUT2D eigenvalue weighted by atomic mass is 9.83. The number of likely N-dealkylation sites (tertiary alicyclic amines) is 1. The van der Waals surface area contributed by atoms with Crippen molar-refractivity contribution in [3.05, 3.63) is 88.9 Å². The lowest BCUT2D eigenvalue weighted by molar-refractivity contribution is 0.0922. The number of carbonyl (C=O) groups excluding carboxylic acids is 1. The van der Waals surface area contributed by atoms with E-state index in [2.05, 4.69) is 78.7 Å². The first-order valence-corrected chi connectivity index (χ1v) is 16.3. The van der Waals surface area contributed by atoms with Gasteiger partial charge in [-0.2, -0.15) is 0 Å². The van der Waals surface area contributed by atoms with E-state index in [1.807, 2.05) is 12.1 Å². The third-order valence-corrected chi connectivity index (χ3v) is 9.24. The van der Waals surface area contributed by atoms with Crippen LogP contribution in [0.4, 0.5) is 0 Å². The summed E-state index contributed by atoms with van der Waals surface area (Å²) in [6.07, 6.45) is 10.9. The molecule has 2 fully saturated rings. The molecule has 1 aliphatic heterocycles. The van der Waals surface area contributed by atoms with E-state index >= 15 is 0 Å². The molecule has 1 saturated heterocycles. The summed E-state index contributed by atoms with van der Waals surface area (Å²) in [5.41, 5.74) is 4.53. The lowest BCUT2D eigenvalue weighted by Crippen LogP contribution is -2.42. The molecule has 0 unspecified atom stereocenters. The quantitative estimate of drug-likeness (QED) is 0.258. The number of rotatable bonds is 10. The Kier molecular flexibility index (Phi) is 10.6. The van der Waals surface area contributed by atoms with Crippen LogP contribution in [0.2, 0.25) is 5.02 Å². The fraction of sp³-hybridized carbons (Fsp3) is 0.486. The van der Waals surface area contributed by atoms with E-state index in [0.29, 0.717) is 28.8 Å². The maximum Gasteiger partial charge on any atom is 0.251 e. The van der Waals surface area contributed by atoms with Gasteiger partial charge in [-0.25, -0.2) is 0 Å². The van der Waals surface area contributed by atoms with Crippen LogP contribution >= 0.6 is 11.6 Å². The summed E-state index contributed by atoms with van der Waals surface area (Å²) in [6, 6.07) is 25.0. The minimum Gasteiger partial charge on any atom is -0.489 e. The minimum atomic E-state index is -0.0790. The van der Waals surface area contributed by atoms with Crippen molar-refractivity contribution in [2.45, 2.75) is 77.7 Å². The Morgan fingerprint density at radius 3 is 2.21 bits per heavy atom. The van der Waals surface area contributed by atoms with Crippen LogP contribution in [0, 0.1) is 11.3 Å². The highest BCUT2D eigenvalue weighted by Gasteiger charge is 2.25. The van der Waals surface area contributed by atoms with Gasteiger partial charge in [0, 0.05) is 18.7 Å². The Bertz CT molecular complexity index is 1270. The van der Waals surface area contributed by atoms with E-state index < -0.39 is 0 Å². The topological polar surface area (TPSA) is 41.6 Å². The number of halogens is 1. The van der Waals surface area contributed by atoms with Gasteiger partial charge in [0.2, 0.25) is 0 Å². The maximum atomic E-state index is 12.9. The molecule has 2 aliphatic rings. The summed E-state index contributed by atoms with van der Waals surface area (Å²) in [5.74, 6) is 1.27. The largest absolute Gasteiger partial charge is 0.489 e. The highest BCUT2D eigenvalue weighted by atomic mass is 35.5. The molecule has 0 atom stereocenters. The number of hydrogen-bond donors (Lipinski definition) is 1. The molecule has 3 aromatic carbocycles. The van der Waals surface area contributed by atoms with E-state index in [1.54, 1.807) is 6.07 Å². The van der Waals surface area contributed by atoms with Crippen molar-refractivity contribution < 1.29 is 9.53 Å². The molecule has 3 aromatic rings. The van der Waals surface area contributed by atoms with Crippen molar-refractivity contribution in [3.63, 3.8) is 0 Å². The molecule has 0 bridgehead atoms. The Hall–Kier alpha value is -2.82. The molecule has 1 N–H and O–H groups in total. The van der Waals surface area contributed by atoms with E-state index in [-0.39, 0.29) is 17.4 Å². The first-order valence-electron chi connectivity index (χ1n) is 16.0. The summed E-state index contributed by atoms with van der Waals surface area (Å²) in [7, 11) is 0. The second-order valence-corrected chi connectivity index (χ2v) is 13.6. The normalized spacial score (nSPS) is 20.1. The Balaban J connectivity index is 1.06. The monoisotopic (exact) mass is 586 g/mol. The zero-order valence-electron chi connectivity index (χ0n) is 25.4. The van der Waals surface area contributed by atoms with Crippen molar-refractivity contribution in [3.8, 4) is 16.9 Å². The van der Waals surface area contributed by atoms with E-state index in [1.165, 1.54) is 55.5 Å².